The van der Waals surface area contributed by atoms with E-state index in [0.29, 0.717) is 6.42 Å². The minimum absolute atomic E-state index is 0.406. The van der Waals surface area contributed by atoms with Gasteiger partial charge in [-0.2, -0.15) is 0 Å². The molecular formula is C10H13N3O2. The third kappa shape index (κ3) is 3.59. The van der Waals surface area contributed by atoms with Crippen molar-refractivity contribution in [3.63, 3.8) is 0 Å². The molecule has 0 bridgehead atoms. The second kappa shape index (κ2) is 6.03. The Hall–Kier alpha value is -1.55. The number of azide groups is 1. The Bertz CT molecular complexity index is 336. The minimum atomic E-state index is -1.01. The highest BCUT2D eigenvalue weighted by molar-refractivity contribution is 5.16. The molecule has 0 heterocycles. The molecule has 1 aromatic carbocycles. The lowest BCUT2D eigenvalue weighted by Crippen LogP contribution is -2.29. The van der Waals surface area contributed by atoms with Gasteiger partial charge in [0.1, 0.15) is 0 Å². The molecule has 0 spiro atoms. The molecular weight excluding hydrogens is 194 g/mol. The average Bonchev–Trinajstić information content (AvgIpc) is 2.29. The maximum absolute atomic E-state index is 9.40. The molecule has 2 atom stereocenters. The average molecular weight is 207 g/mol. The van der Waals surface area contributed by atoms with E-state index in [9.17, 15) is 5.11 Å². The molecule has 0 amide bonds. The van der Waals surface area contributed by atoms with Gasteiger partial charge in [-0.3, -0.25) is 0 Å². The van der Waals surface area contributed by atoms with Crippen molar-refractivity contribution in [2.75, 3.05) is 6.61 Å². The van der Waals surface area contributed by atoms with E-state index in [2.05, 4.69) is 10.0 Å². The van der Waals surface area contributed by atoms with Crippen LogP contribution in [0.5, 0.6) is 0 Å². The lowest BCUT2D eigenvalue weighted by molar-refractivity contribution is 0.0743. The van der Waals surface area contributed by atoms with Gasteiger partial charge < -0.3 is 10.2 Å². The van der Waals surface area contributed by atoms with Crippen molar-refractivity contribution in [1.82, 2.24) is 0 Å². The maximum Gasteiger partial charge on any atom is 0.0858 e. The summed E-state index contributed by atoms with van der Waals surface area (Å²) in [4.78, 5) is 2.66. The number of nitrogens with zero attached hydrogens (tertiary/aromatic N) is 3. The monoisotopic (exact) mass is 207 g/mol. The summed E-state index contributed by atoms with van der Waals surface area (Å²) >= 11 is 0. The third-order valence-corrected chi connectivity index (χ3v) is 2.12. The van der Waals surface area contributed by atoms with E-state index in [1.165, 1.54) is 0 Å². The summed E-state index contributed by atoms with van der Waals surface area (Å²) in [7, 11) is 0. The van der Waals surface area contributed by atoms with Gasteiger partial charge in [-0.25, -0.2) is 0 Å². The van der Waals surface area contributed by atoms with Gasteiger partial charge in [0, 0.05) is 4.91 Å². The molecule has 2 N–H and O–H groups in total. The number of rotatable bonds is 5. The second-order valence-corrected chi connectivity index (χ2v) is 3.21. The van der Waals surface area contributed by atoms with Gasteiger partial charge in [-0.05, 0) is 17.5 Å². The maximum atomic E-state index is 9.40. The molecule has 0 fully saturated rings. The Labute approximate surface area is 87.6 Å². The zero-order valence-corrected chi connectivity index (χ0v) is 8.19. The van der Waals surface area contributed by atoms with E-state index in [1.807, 2.05) is 30.3 Å². The van der Waals surface area contributed by atoms with Crippen molar-refractivity contribution >= 4 is 0 Å². The predicted molar refractivity (Wildman–Crippen MR) is 56.2 cm³/mol. The molecule has 1 rings (SSSR count). The van der Waals surface area contributed by atoms with E-state index >= 15 is 0 Å². The van der Waals surface area contributed by atoms with E-state index < -0.39 is 18.8 Å². The summed E-state index contributed by atoms with van der Waals surface area (Å²) in [5.41, 5.74) is 9.29. The number of hydrogen-bond acceptors (Lipinski definition) is 3. The van der Waals surface area contributed by atoms with Crippen molar-refractivity contribution in [2.24, 2.45) is 5.11 Å². The van der Waals surface area contributed by atoms with Gasteiger partial charge in [-0.15, -0.1) is 0 Å². The van der Waals surface area contributed by atoms with Crippen molar-refractivity contribution in [3.8, 4) is 0 Å². The van der Waals surface area contributed by atoms with Crippen LogP contribution in [0.2, 0.25) is 0 Å². The Balaban J connectivity index is 2.71. The van der Waals surface area contributed by atoms with Crippen LogP contribution in [0.4, 0.5) is 0 Å². The highest BCUT2D eigenvalue weighted by Gasteiger charge is 2.16. The fraction of sp³-hybridized carbons (Fsp3) is 0.400. The Morgan fingerprint density at radius 1 is 1.33 bits per heavy atom. The van der Waals surface area contributed by atoms with E-state index in [1.54, 1.807) is 0 Å². The first kappa shape index (κ1) is 11.5. The number of benzene rings is 1. The SMILES string of the molecule is [N-]=[N+]=NC(Cc1ccccc1)C(O)CO. The quantitative estimate of drug-likeness (QED) is 0.432. The summed E-state index contributed by atoms with van der Waals surface area (Å²) in [5.74, 6) is 0. The zero-order chi connectivity index (χ0) is 11.1. The molecule has 80 valence electrons. The molecule has 0 saturated heterocycles. The number of hydrogen-bond donors (Lipinski definition) is 2. The van der Waals surface area contributed by atoms with Gasteiger partial charge in [0.05, 0.1) is 18.8 Å². The van der Waals surface area contributed by atoms with Crippen LogP contribution in [0.1, 0.15) is 5.56 Å². The van der Waals surface area contributed by atoms with Crippen LogP contribution in [0, 0.1) is 0 Å². The Morgan fingerprint density at radius 2 is 2.00 bits per heavy atom. The molecule has 0 aromatic heterocycles. The van der Waals surface area contributed by atoms with Crippen LogP contribution < -0.4 is 0 Å². The Kier molecular flexibility index (Phi) is 4.63. The molecule has 0 aliphatic heterocycles. The first-order valence-corrected chi connectivity index (χ1v) is 4.65. The lowest BCUT2D eigenvalue weighted by atomic mass is 10.0. The van der Waals surface area contributed by atoms with Crippen molar-refractivity contribution < 1.29 is 10.2 Å². The van der Waals surface area contributed by atoms with Crippen LogP contribution in [-0.4, -0.2) is 29.0 Å². The summed E-state index contributed by atoms with van der Waals surface area (Å²) in [6, 6.07) is 8.76. The van der Waals surface area contributed by atoms with Crippen LogP contribution in [0.3, 0.4) is 0 Å². The predicted octanol–water partition coefficient (Wildman–Crippen LogP) is 1.26. The second-order valence-electron chi connectivity index (χ2n) is 3.21. The topological polar surface area (TPSA) is 89.2 Å². The molecule has 15 heavy (non-hydrogen) atoms. The van der Waals surface area contributed by atoms with Crippen LogP contribution in [-0.2, 0) is 6.42 Å². The zero-order valence-electron chi connectivity index (χ0n) is 8.19. The van der Waals surface area contributed by atoms with Gasteiger partial charge >= 0.3 is 0 Å². The van der Waals surface area contributed by atoms with Crippen molar-refractivity contribution in [3.05, 3.63) is 46.3 Å². The molecule has 0 aliphatic carbocycles. The van der Waals surface area contributed by atoms with E-state index in [4.69, 9.17) is 10.6 Å². The number of aliphatic hydroxyl groups is 2. The minimum Gasteiger partial charge on any atom is -0.394 e. The van der Waals surface area contributed by atoms with Crippen molar-refractivity contribution in [2.45, 2.75) is 18.6 Å². The number of aliphatic hydroxyl groups excluding tert-OH is 2. The van der Waals surface area contributed by atoms with Crippen LogP contribution in [0.15, 0.2) is 35.4 Å². The molecule has 2 unspecified atom stereocenters. The first-order valence-electron chi connectivity index (χ1n) is 4.65. The standard InChI is InChI=1S/C10H13N3O2/c11-13-12-9(10(15)7-14)6-8-4-2-1-3-5-8/h1-5,9-10,14-15H,6-7H2. The fourth-order valence-electron chi connectivity index (χ4n) is 1.30. The highest BCUT2D eigenvalue weighted by atomic mass is 16.3. The van der Waals surface area contributed by atoms with E-state index in [-0.39, 0.29) is 0 Å². The fourth-order valence-corrected chi connectivity index (χ4v) is 1.30. The first-order chi connectivity index (χ1) is 7.27. The summed E-state index contributed by atoms with van der Waals surface area (Å²) < 4.78 is 0. The molecule has 5 nitrogen and oxygen atoms in total. The van der Waals surface area contributed by atoms with Gasteiger partial charge in [0.15, 0.2) is 0 Å². The molecule has 1 aromatic rings. The highest BCUT2D eigenvalue weighted by Crippen LogP contribution is 2.09. The smallest absolute Gasteiger partial charge is 0.0858 e. The third-order valence-electron chi connectivity index (χ3n) is 2.12. The van der Waals surface area contributed by atoms with Crippen LogP contribution >= 0.6 is 0 Å². The van der Waals surface area contributed by atoms with Crippen molar-refractivity contribution in [1.29, 1.82) is 0 Å². The lowest BCUT2D eigenvalue weighted by Gasteiger charge is -2.15. The normalized spacial score (nSPS) is 14.0. The van der Waals surface area contributed by atoms with Crippen LogP contribution in [0.25, 0.3) is 10.4 Å². The molecule has 5 heteroatoms. The summed E-state index contributed by atoms with van der Waals surface area (Å²) in [5, 5.41) is 21.6. The van der Waals surface area contributed by atoms with E-state index in [0.717, 1.165) is 5.56 Å². The summed E-state index contributed by atoms with van der Waals surface area (Å²) in [6.07, 6.45) is -0.590. The van der Waals surface area contributed by atoms with Gasteiger partial charge in [0.2, 0.25) is 0 Å². The Morgan fingerprint density at radius 3 is 2.53 bits per heavy atom. The van der Waals surface area contributed by atoms with Gasteiger partial charge in [-0.1, -0.05) is 35.4 Å². The molecule has 0 saturated carbocycles. The largest absolute Gasteiger partial charge is 0.394 e. The summed E-state index contributed by atoms with van der Waals surface area (Å²) in [6.45, 7) is -0.406. The molecule has 0 radical (unpaired) electrons. The molecule has 0 aliphatic rings. The van der Waals surface area contributed by atoms with Gasteiger partial charge in [0.25, 0.3) is 0 Å².